The number of anilines is 1. The summed E-state index contributed by atoms with van der Waals surface area (Å²) in [5.74, 6) is 0.0586. The molecule has 0 bridgehead atoms. The van der Waals surface area contributed by atoms with E-state index in [1.165, 1.54) is 0 Å². The van der Waals surface area contributed by atoms with Crippen molar-refractivity contribution in [1.29, 1.82) is 0 Å². The van der Waals surface area contributed by atoms with Gasteiger partial charge >= 0.3 is 0 Å². The summed E-state index contributed by atoms with van der Waals surface area (Å²) in [5.41, 5.74) is 1.82. The van der Waals surface area contributed by atoms with Crippen LogP contribution >= 0.6 is 0 Å². The van der Waals surface area contributed by atoms with Crippen LogP contribution < -0.4 is 10.2 Å². The van der Waals surface area contributed by atoms with E-state index in [4.69, 9.17) is 0 Å². The van der Waals surface area contributed by atoms with Gasteiger partial charge in [0, 0.05) is 6.20 Å². The molecule has 0 aromatic carbocycles. The number of hydrogen-bond donors (Lipinski definition) is 1. The maximum absolute atomic E-state index is 11.4. The Morgan fingerprint density at radius 2 is 2.27 bits per heavy atom. The van der Waals surface area contributed by atoms with Crippen LogP contribution in [0.1, 0.15) is 19.4 Å². The van der Waals surface area contributed by atoms with Gasteiger partial charge in [0.05, 0.1) is 18.4 Å². The van der Waals surface area contributed by atoms with Crippen molar-refractivity contribution in [1.82, 2.24) is 10.3 Å². The molecule has 0 saturated carbocycles. The monoisotopic (exact) mass is 205 g/mol. The fraction of sp³-hybridized carbons (Fsp3) is 0.455. The third-order valence-corrected chi connectivity index (χ3v) is 2.72. The highest BCUT2D eigenvalue weighted by Crippen LogP contribution is 2.27. The summed E-state index contributed by atoms with van der Waals surface area (Å²) in [6.45, 7) is 6.41. The normalized spacial score (nSPS) is 19.1. The molecular formula is C11H15N3O. The number of carbonyl (C=O) groups is 1. The van der Waals surface area contributed by atoms with Crippen molar-refractivity contribution in [3.63, 3.8) is 0 Å². The van der Waals surface area contributed by atoms with E-state index in [1.807, 2.05) is 31.7 Å². The molecule has 15 heavy (non-hydrogen) atoms. The second kappa shape index (κ2) is 3.22. The number of pyridine rings is 1. The summed E-state index contributed by atoms with van der Waals surface area (Å²) < 4.78 is 0. The molecule has 1 aromatic rings. The van der Waals surface area contributed by atoms with Gasteiger partial charge in [-0.2, -0.15) is 0 Å². The molecule has 1 N–H and O–H groups in total. The van der Waals surface area contributed by atoms with Crippen molar-refractivity contribution in [3.05, 3.63) is 24.0 Å². The third-order valence-electron chi connectivity index (χ3n) is 2.72. The van der Waals surface area contributed by atoms with E-state index >= 15 is 0 Å². The third kappa shape index (κ3) is 1.67. The first-order valence-corrected chi connectivity index (χ1v) is 5.00. The van der Waals surface area contributed by atoms with E-state index in [2.05, 4.69) is 10.3 Å². The molecule has 0 unspecified atom stereocenters. The Labute approximate surface area is 89.3 Å². The lowest BCUT2D eigenvalue weighted by Gasteiger charge is -2.32. The average Bonchev–Trinajstić information content (AvgIpc) is 2.40. The maximum atomic E-state index is 11.4. The van der Waals surface area contributed by atoms with Gasteiger partial charge in [-0.3, -0.25) is 9.78 Å². The zero-order valence-electron chi connectivity index (χ0n) is 9.24. The lowest BCUT2D eigenvalue weighted by molar-refractivity contribution is -0.118. The molecule has 2 heterocycles. The van der Waals surface area contributed by atoms with Crippen LogP contribution in [0.2, 0.25) is 0 Å². The second-order valence-electron chi connectivity index (χ2n) is 4.36. The number of hydrogen-bond acceptors (Lipinski definition) is 3. The lowest BCUT2D eigenvalue weighted by Crippen LogP contribution is -2.46. The molecule has 2 rings (SSSR count). The van der Waals surface area contributed by atoms with Crippen LogP contribution in [0.5, 0.6) is 0 Å². The van der Waals surface area contributed by atoms with E-state index in [-0.39, 0.29) is 11.6 Å². The molecule has 0 radical (unpaired) electrons. The summed E-state index contributed by atoms with van der Waals surface area (Å²) in [7, 11) is 0. The molecule has 0 aliphatic carbocycles. The zero-order valence-corrected chi connectivity index (χ0v) is 9.24. The summed E-state index contributed by atoms with van der Waals surface area (Å²) in [6, 6.07) is 1.95. The lowest BCUT2D eigenvalue weighted by atomic mass is 10.1. The predicted molar refractivity (Wildman–Crippen MR) is 58.5 cm³/mol. The van der Waals surface area contributed by atoms with Gasteiger partial charge in [-0.15, -0.1) is 0 Å². The minimum Gasteiger partial charge on any atom is -0.338 e. The molecule has 80 valence electrons. The van der Waals surface area contributed by atoms with Crippen molar-refractivity contribution in [3.8, 4) is 0 Å². The van der Waals surface area contributed by atoms with Crippen LogP contribution in [0.3, 0.4) is 0 Å². The van der Waals surface area contributed by atoms with Crippen molar-refractivity contribution in [2.24, 2.45) is 0 Å². The molecular weight excluding hydrogens is 190 g/mol. The Hall–Kier alpha value is -1.58. The Morgan fingerprint density at radius 3 is 2.80 bits per heavy atom. The van der Waals surface area contributed by atoms with Crippen molar-refractivity contribution < 1.29 is 4.79 Å². The Kier molecular flexibility index (Phi) is 2.14. The SMILES string of the molecule is Cc1ccncc1N1CC(=O)NC1(C)C. The van der Waals surface area contributed by atoms with Gasteiger partial charge < -0.3 is 10.2 Å². The van der Waals surface area contributed by atoms with Crippen LogP contribution in [0, 0.1) is 6.92 Å². The van der Waals surface area contributed by atoms with E-state index < -0.39 is 0 Å². The summed E-state index contributed by atoms with van der Waals surface area (Å²) >= 11 is 0. The van der Waals surface area contributed by atoms with E-state index in [1.54, 1.807) is 12.4 Å². The average molecular weight is 205 g/mol. The highest BCUT2D eigenvalue weighted by Gasteiger charge is 2.37. The minimum atomic E-state index is -0.328. The molecule has 4 heteroatoms. The minimum absolute atomic E-state index is 0.0586. The van der Waals surface area contributed by atoms with Crippen LogP contribution in [0.25, 0.3) is 0 Å². The predicted octanol–water partition coefficient (Wildman–Crippen LogP) is 1.06. The molecule has 0 spiro atoms. The highest BCUT2D eigenvalue weighted by atomic mass is 16.2. The molecule has 1 fully saturated rings. The fourth-order valence-corrected chi connectivity index (χ4v) is 1.91. The number of rotatable bonds is 1. The van der Waals surface area contributed by atoms with Gasteiger partial charge in [-0.05, 0) is 32.4 Å². The Morgan fingerprint density at radius 1 is 1.53 bits per heavy atom. The van der Waals surface area contributed by atoms with Gasteiger partial charge in [0.25, 0.3) is 0 Å². The quantitative estimate of drug-likeness (QED) is 0.745. The first kappa shape index (κ1) is 9.96. The fourth-order valence-electron chi connectivity index (χ4n) is 1.91. The Balaban J connectivity index is 2.40. The van der Waals surface area contributed by atoms with E-state index in [0.29, 0.717) is 6.54 Å². The largest absolute Gasteiger partial charge is 0.338 e. The zero-order chi connectivity index (χ0) is 11.1. The topological polar surface area (TPSA) is 45.2 Å². The van der Waals surface area contributed by atoms with Crippen LogP contribution in [-0.2, 0) is 4.79 Å². The van der Waals surface area contributed by atoms with Gasteiger partial charge in [-0.25, -0.2) is 0 Å². The van der Waals surface area contributed by atoms with E-state index in [0.717, 1.165) is 11.3 Å². The van der Waals surface area contributed by atoms with Crippen LogP contribution in [0.15, 0.2) is 18.5 Å². The van der Waals surface area contributed by atoms with Gasteiger partial charge in [0.15, 0.2) is 0 Å². The Bertz CT molecular complexity index is 401. The van der Waals surface area contributed by atoms with Gasteiger partial charge in [0.2, 0.25) is 5.91 Å². The number of aryl methyl sites for hydroxylation is 1. The molecule has 0 atom stereocenters. The summed E-state index contributed by atoms with van der Waals surface area (Å²) in [4.78, 5) is 17.5. The molecule has 4 nitrogen and oxygen atoms in total. The van der Waals surface area contributed by atoms with Crippen molar-refractivity contribution >= 4 is 11.6 Å². The highest BCUT2D eigenvalue weighted by molar-refractivity contribution is 5.86. The molecule has 1 aliphatic rings. The number of nitrogens with zero attached hydrogens (tertiary/aromatic N) is 2. The number of carbonyl (C=O) groups excluding carboxylic acids is 1. The molecule has 1 aliphatic heterocycles. The smallest absolute Gasteiger partial charge is 0.241 e. The number of aromatic nitrogens is 1. The van der Waals surface area contributed by atoms with Gasteiger partial charge in [-0.1, -0.05) is 0 Å². The summed E-state index contributed by atoms with van der Waals surface area (Å²) in [5, 5.41) is 2.93. The first-order chi connectivity index (χ1) is 7.00. The first-order valence-electron chi connectivity index (χ1n) is 5.00. The second-order valence-corrected chi connectivity index (χ2v) is 4.36. The van der Waals surface area contributed by atoms with Crippen molar-refractivity contribution in [2.75, 3.05) is 11.4 Å². The van der Waals surface area contributed by atoms with Crippen molar-refractivity contribution in [2.45, 2.75) is 26.4 Å². The summed E-state index contributed by atoms with van der Waals surface area (Å²) in [6.07, 6.45) is 3.56. The van der Waals surface area contributed by atoms with Crippen LogP contribution in [0.4, 0.5) is 5.69 Å². The standard InChI is InChI=1S/C11H15N3O/c1-8-4-5-12-6-9(8)14-7-10(15)13-11(14,2)3/h4-6H,7H2,1-3H3,(H,13,15). The molecule has 1 aromatic heterocycles. The maximum Gasteiger partial charge on any atom is 0.241 e. The molecule has 1 amide bonds. The number of nitrogens with one attached hydrogen (secondary N) is 1. The number of amides is 1. The van der Waals surface area contributed by atoms with Crippen LogP contribution in [-0.4, -0.2) is 23.1 Å². The molecule has 1 saturated heterocycles. The van der Waals surface area contributed by atoms with Gasteiger partial charge in [0.1, 0.15) is 5.66 Å². The van der Waals surface area contributed by atoms with E-state index in [9.17, 15) is 4.79 Å².